The number of rotatable bonds is 4. The third-order valence-corrected chi connectivity index (χ3v) is 3.66. The molecule has 1 heterocycles. The van der Waals surface area contributed by atoms with Gasteiger partial charge in [-0.25, -0.2) is 9.78 Å². The van der Waals surface area contributed by atoms with E-state index in [9.17, 15) is 18.0 Å². The summed E-state index contributed by atoms with van der Waals surface area (Å²) in [4.78, 5) is 15.2. The van der Waals surface area contributed by atoms with Gasteiger partial charge in [0, 0.05) is 11.5 Å². The second kappa shape index (κ2) is 6.73. The summed E-state index contributed by atoms with van der Waals surface area (Å²) in [6.45, 7) is 1.57. The Morgan fingerprint density at radius 2 is 2.16 bits per heavy atom. The lowest BCUT2D eigenvalue weighted by atomic mass is 10.2. The molecule has 1 aromatic rings. The van der Waals surface area contributed by atoms with E-state index in [1.807, 2.05) is 0 Å². The number of pyridine rings is 1. The lowest BCUT2D eigenvalue weighted by molar-refractivity contribution is -0.275. The minimum atomic E-state index is -4.91. The molecule has 1 rings (SSSR count). The molecular formula is C10H8BrF3INO3. The van der Waals surface area contributed by atoms with Crippen molar-refractivity contribution in [3.63, 3.8) is 0 Å². The topological polar surface area (TPSA) is 48.4 Å². The predicted octanol–water partition coefficient (Wildman–Crippen LogP) is 3.66. The van der Waals surface area contributed by atoms with Crippen LogP contribution in [0.3, 0.4) is 0 Å². The van der Waals surface area contributed by atoms with Gasteiger partial charge in [-0.2, -0.15) is 0 Å². The van der Waals surface area contributed by atoms with Crippen molar-refractivity contribution >= 4 is 44.5 Å². The Kier molecular flexibility index (Phi) is 5.83. The molecular weight excluding hydrogens is 446 g/mol. The summed E-state index contributed by atoms with van der Waals surface area (Å²) in [6.07, 6.45) is -3.61. The van der Waals surface area contributed by atoms with E-state index in [4.69, 9.17) is 0 Å². The summed E-state index contributed by atoms with van der Waals surface area (Å²) in [5, 5.41) is 0.287. The molecule has 0 radical (unpaired) electrons. The van der Waals surface area contributed by atoms with E-state index in [1.54, 1.807) is 29.5 Å². The number of ether oxygens (including phenoxy) is 2. The molecule has 0 bridgehead atoms. The Hall–Kier alpha value is -0.580. The maximum atomic E-state index is 12.4. The van der Waals surface area contributed by atoms with Gasteiger partial charge in [0.05, 0.1) is 10.2 Å². The van der Waals surface area contributed by atoms with Crippen molar-refractivity contribution in [1.29, 1.82) is 0 Å². The molecule has 4 nitrogen and oxygen atoms in total. The van der Waals surface area contributed by atoms with E-state index >= 15 is 0 Å². The first-order valence-electron chi connectivity index (χ1n) is 4.96. The number of halogens is 5. The normalized spacial score (nSPS) is 11.3. The maximum Gasteiger partial charge on any atom is 0.573 e. The largest absolute Gasteiger partial charge is 0.573 e. The summed E-state index contributed by atoms with van der Waals surface area (Å²) in [5.74, 6) is -1.59. The van der Waals surface area contributed by atoms with Gasteiger partial charge in [0.2, 0.25) is 0 Å². The van der Waals surface area contributed by atoms with Crippen LogP contribution >= 0.6 is 38.5 Å². The molecule has 0 aliphatic heterocycles. The second-order valence-corrected chi connectivity index (χ2v) is 4.82. The Bertz CT molecular complexity index is 482. The molecule has 0 saturated carbocycles. The van der Waals surface area contributed by atoms with E-state index < -0.39 is 23.8 Å². The van der Waals surface area contributed by atoms with E-state index in [1.165, 1.54) is 6.20 Å². The fourth-order valence-electron chi connectivity index (χ4n) is 1.15. The van der Waals surface area contributed by atoms with Crippen LogP contribution < -0.4 is 4.74 Å². The molecule has 0 aliphatic rings. The summed E-state index contributed by atoms with van der Waals surface area (Å²) < 4.78 is 45.8. The number of carbonyl (C=O) groups is 1. The minimum Gasteiger partial charge on any atom is -0.461 e. The van der Waals surface area contributed by atoms with Crippen molar-refractivity contribution in [1.82, 2.24) is 4.98 Å². The van der Waals surface area contributed by atoms with Gasteiger partial charge >= 0.3 is 12.3 Å². The number of carbonyl (C=O) groups excluding carboxylic acids is 1. The number of hydrogen-bond acceptors (Lipinski definition) is 4. The zero-order valence-corrected chi connectivity index (χ0v) is 13.3. The second-order valence-electron chi connectivity index (χ2n) is 3.18. The standard InChI is InChI=1S/C10H8BrF3INO3/c1-2-18-9(17)7-8(19-10(12,13)14)6(15)5(3-11)4-16-7/h4H,2-3H2,1H3. The van der Waals surface area contributed by atoms with E-state index in [2.05, 4.69) is 30.4 Å². The lowest BCUT2D eigenvalue weighted by Gasteiger charge is -2.15. The first-order chi connectivity index (χ1) is 8.80. The molecule has 0 spiro atoms. The quantitative estimate of drug-likeness (QED) is 0.396. The van der Waals surface area contributed by atoms with Crippen LogP contribution in [0.5, 0.6) is 5.75 Å². The van der Waals surface area contributed by atoms with Crippen molar-refractivity contribution in [3.8, 4) is 5.75 Å². The lowest BCUT2D eigenvalue weighted by Crippen LogP contribution is -2.21. The van der Waals surface area contributed by atoms with Gasteiger partial charge in [0.25, 0.3) is 0 Å². The van der Waals surface area contributed by atoms with Gasteiger partial charge < -0.3 is 9.47 Å². The van der Waals surface area contributed by atoms with Gasteiger partial charge in [0.1, 0.15) is 0 Å². The van der Waals surface area contributed by atoms with Crippen molar-refractivity contribution in [3.05, 3.63) is 21.0 Å². The van der Waals surface area contributed by atoms with Gasteiger partial charge in [-0.1, -0.05) is 15.9 Å². The van der Waals surface area contributed by atoms with Crippen molar-refractivity contribution in [2.24, 2.45) is 0 Å². The molecule has 0 amide bonds. The molecule has 0 aromatic carbocycles. The molecule has 0 unspecified atom stereocenters. The fraction of sp³-hybridized carbons (Fsp3) is 0.400. The van der Waals surface area contributed by atoms with Crippen LogP contribution in [0.15, 0.2) is 6.20 Å². The van der Waals surface area contributed by atoms with Crippen LogP contribution in [-0.2, 0) is 10.1 Å². The highest BCUT2D eigenvalue weighted by Crippen LogP contribution is 2.33. The monoisotopic (exact) mass is 453 g/mol. The SMILES string of the molecule is CCOC(=O)c1ncc(CBr)c(I)c1OC(F)(F)F. The average molecular weight is 454 g/mol. The fourth-order valence-corrected chi connectivity index (χ4v) is 2.80. The molecule has 106 valence electrons. The first kappa shape index (κ1) is 16.5. The van der Waals surface area contributed by atoms with Crippen LogP contribution in [0.4, 0.5) is 13.2 Å². The van der Waals surface area contributed by atoms with Crippen molar-refractivity contribution < 1.29 is 27.4 Å². The Morgan fingerprint density at radius 3 is 2.63 bits per heavy atom. The smallest absolute Gasteiger partial charge is 0.461 e. The predicted molar refractivity (Wildman–Crippen MR) is 72.2 cm³/mol. The number of nitrogens with zero attached hydrogens (tertiary/aromatic N) is 1. The summed E-state index contributed by atoms with van der Waals surface area (Å²) in [7, 11) is 0. The van der Waals surface area contributed by atoms with E-state index in [0.29, 0.717) is 5.56 Å². The third kappa shape index (κ3) is 4.48. The molecule has 0 saturated heterocycles. The zero-order chi connectivity index (χ0) is 14.6. The van der Waals surface area contributed by atoms with Crippen molar-refractivity contribution in [2.45, 2.75) is 18.6 Å². The van der Waals surface area contributed by atoms with Crippen LogP contribution in [0.25, 0.3) is 0 Å². The van der Waals surface area contributed by atoms with Crippen LogP contribution in [-0.4, -0.2) is 23.9 Å². The molecule has 19 heavy (non-hydrogen) atoms. The highest BCUT2D eigenvalue weighted by atomic mass is 127. The van der Waals surface area contributed by atoms with Crippen LogP contribution in [0, 0.1) is 3.57 Å². The molecule has 0 fully saturated rings. The van der Waals surface area contributed by atoms with Crippen LogP contribution in [0.2, 0.25) is 0 Å². The minimum absolute atomic E-state index is 0.0305. The summed E-state index contributed by atoms with van der Waals surface area (Å²) in [5.41, 5.74) is -0.0128. The molecule has 0 atom stereocenters. The molecule has 9 heteroatoms. The van der Waals surface area contributed by atoms with E-state index in [-0.39, 0.29) is 15.5 Å². The molecule has 0 N–H and O–H groups in total. The highest BCUT2D eigenvalue weighted by Gasteiger charge is 2.35. The maximum absolute atomic E-state index is 12.4. The Balaban J connectivity index is 3.30. The number of hydrogen-bond donors (Lipinski definition) is 0. The van der Waals surface area contributed by atoms with Crippen LogP contribution in [0.1, 0.15) is 23.0 Å². The van der Waals surface area contributed by atoms with E-state index in [0.717, 1.165) is 0 Å². The summed E-state index contributed by atoms with van der Waals surface area (Å²) >= 11 is 4.78. The number of esters is 1. The van der Waals surface area contributed by atoms with Gasteiger partial charge in [-0.05, 0) is 35.1 Å². The zero-order valence-electron chi connectivity index (χ0n) is 9.55. The summed E-state index contributed by atoms with van der Waals surface area (Å²) in [6, 6.07) is 0. The number of alkyl halides is 4. The molecule has 0 aliphatic carbocycles. The van der Waals surface area contributed by atoms with Gasteiger partial charge in [-0.15, -0.1) is 13.2 Å². The van der Waals surface area contributed by atoms with Gasteiger partial charge in [0.15, 0.2) is 11.4 Å². The van der Waals surface area contributed by atoms with Gasteiger partial charge in [-0.3, -0.25) is 0 Å². The van der Waals surface area contributed by atoms with Crippen molar-refractivity contribution in [2.75, 3.05) is 6.61 Å². The third-order valence-electron chi connectivity index (χ3n) is 1.88. The average Bonchev–Trinajstić information content (AvgIpc) is 2.30. The Labute approximate surface area is 128 Å². The molecule has 1 aromatic heterocycles. The highest BCUT2D eigenvalue weighted by molar-refractivity contribution is 14.1. The Morgan fingerprint density at radius 1 is 1.53 bits per heavy atom. The number of aromatic nitrogens is 1. The first-order valence-corrected chi connectivity index (χ1v) is 7.16.